The Hall–Kier alpha value is -3.71. The molecule has 0 saturated heterocycles. The lowest BCUT2D eigenvalue weighted by atomic mass is 10.0. The van der Waals surface area contributed by atoms with Crippen LogP contribution in [0.4, 0.5) is 11.4 Å². The van der Waals surface area contributed by atoms with Gasteiger partial charge in [0.05, 0.1) is 17.4 Å². The zero-order valence-electron chi connectivity index (χ0n) is 15.7. The maximum absolute atomic E-state index is 12.6. The zero-order chi connectivity index (χ0) is 21.5. The van der Waals surface area contributed by atoms with Gasteiger partial charge in [0, 0.05) is 17.3 Å². The molecule has 152 valence electrons. The predicted molar refractivity (Wildman–Crippen MR) is 114 cm³/mol. The van der Waals surface area contributed by atoms with Crippen LogP contribution in [0.3, 0.4) is 0 Å². The van der Waals surface area contributed by atoms with Gasteiger partial charge in [0.2, 0.25) is 5.91 Å². The monoisotopic (exact) mass is 423 g/mol. The summed E-state index contributed by atoms with van der Waals surface area (Å²) >= 11 is 5.81. The van der Waals surface area contributed by atoms with Gasteiger partial charge in [-0.25, -0.2) is 0 Å². The summed E-state index contributed by atoms with van der Waals surface area (Å²) in [5.41, 5.74) is 1.19. The first-order chi connectivity index (χ1) is 14.4. The van der Waals surface area contributed by atoms with Gasteiger partial charge in [-0.3, -0.25) is 19.7 Å². The van der Waals surface area contributed by atoms with Crippen LogP contribution in [-0.2, 0) is 4.79 Å². The lowest BCUT2D eigenvalue weighted by Crippen LogP contribution is -2.31. The van der Waals surface area contributed by atoms with Crippen LogP contribution in [0.25, 0.3) is 0 Å². The van der Waals surface area contributed by atoms with Gasteiger partial charge in [-0.15, -0.1) is 0 Å². The highest BCUT2D eigenvalue weighted by atomic mass is 35.5. The third-order valence-electron chi connectivity index (χ3n) is 4.36. The van der Waals surface area contributed by atoms with E-state index in [-0.39, 0.29) is 28.7 Å². The van der Waals surface area contributed by atoms with Gasteiger partial charge in [-0.1, -0.05) is 60.1 Å². The molecule has 7 nitrogen and oxygen atoms in total. The predicted octanol–water partition coefficient (Wildman–Crippen LogP) is 4.75. The Balaban J connectivity index is 1.76. The van der Waals surface area contributed by atoms with Crippen LogP contribution >= 0.6 is 11.6 Å². The summed E-state index contributed by atoms with van der Waals surface area (Å²) in [6.07, 6.45) is -0.0565. The SMILES string of the molecule is O=C(CC(NC(=O)c1ccccc1)c1ccccc1)Nc1ccc(Cl)c([N+](=O)[O-])c1. The Kier molecular flexibility index (Phi) is 6.77. The Bertz CT molecular complexity index is 1060. The molecule has 0 aromatic heterocycles. The number of hydrogen-bond donors (Lipinski definition) is 2. The molecule has 2 N–H and O–H groups in total. The molecule has 0 spiro atoms. The second-order valence-electron chi connectivity index (χ2n) is 6.48. The Morgan fingerprint density at radius 2 is 1.60 bits per heavy atom. The number of halogens is 1. The molecule has 30 heavy (non-hydrogen) atoms. The number of anilines is 1. The fourth-order valence-corrected chi connectivity index (χ4v) is 3.08. The van der Waals surface area contributed by atoms with E-state index in [1.54, 1.807) is 24.3 Å². The van der Waals surface area contributed by atoms with E-state index in [4.69, 9.17) is 11.6 Å². The second-order valence-corrected chi connectivity index (χ2v) is 6.89. The number of amides is 2. The maximum Gasteiger partial charge on any atom is 0.289 e. The molecule has 0 heterocycles. The molecule has 1 atom stereocenters. The quantitative estimate of drug-likeness (QED) is 0.423. The minimum Gasteiger partial charge on any atom is -0.345 e. The van der Waals surface area contributed by atoms with Gasteiger partial charge < -0.3 is 10.6 Å². The average Bonchev–Trinajstić information content (AvgIpc) is 2.75. The van der Waals surface area contributed by atoms with Crippen molar-refractivity contribution >= 4 is 34.8 Å². The van der Waals surface area contributed by atoms with Crippen LogP contribution in [0.15, 0.2) is 78.9 Å². The summed E-state index contributed by atoms with van der Waals surface area (Å²) < 4.78 is 0. The number of benzene rings is 3. The van der Waals surface area contributed by atoms with Crippen molar-refractivity contribution in [3.05, 3.63) is 105 Å². The number of rotatable bonds is 7. The third-order valence-corrected chi connectivity index (χ3v) is 4.68. The Labute approximate surface area is 177 Å². The summed E-state index contributed by atoms with van der Waals surface area (Å²) in [6, 6.07) is 21.2. The van der Waals surface area contributed by atoms with Crippen molar-refractivity contribution in [2.24, 2.45) is 0 Å². The molecule has 3 aromatic rings. The number of nitro groups is 1. The lowest BCUT2D eigenvalue weighted by molar-refractivity contribution is -0.384. The maximum atomic E-state index is 12.6. The molecule has 0 fully saturated rings. The topological polar surface area (TPSA) is 101 Å². The lowest BCUT2D eigenvalue weighted by Gasteiger charge is -2.19. The molecular formula is C22H18ClN3O4. The second kappa shape index (κ2) is 9.67. The zero-order valence-corrected chi connectivity index (χ0v) is 16.5. The molecule has 2 amide bonds. The fourth-order valence-electron chi connectivity index (χ4n) is 2.90. The van der Waals surface area contributed by atoms with Crippen molar-refractivity contribution < 1.29 is 14.5 Å². The van der Waals surface area contributed by atoms with Gasteiger partial charge in [-0.2, -0.15) is 0 Å². The minimum atomic E-state index is -0.620. The van der Waals surface area contributed by atoms with E-state index < -0.39 is 16.9 Å². The van der Waals surface area contributed by atoms with Gasteiger partial charge in [-0.05, 0) is 29.8 Å². The Morgan fingerprint density at radius 1 is 0.967 bits per heavy atom. The molecule has 3 rings (SSSR count). The van der Waals surface area contributed by atoms with Gasteiger partial charge in [0.1, 0.15) is 5.02 Å². The number of nitrogens with one attached hydrogen (secondary N) is 2. The standard InChI is InChI=1S/C22H18ClN3O4/c23-18-12-11-17(13-20(18)26(29)30)24-21(27)14-19(15-7-3-1-4-8-15)25-22(28)16-9-5-2-6-10-16/h1-13,19H,14H2,(H,24,27)(H,25,28). The van der Waals surface area contributed by atoms with Crippen molar-refractivity contribution in [3.63, 3.8) is 0 Å². The first-order valence-electron chi connectivity index (χ1n) is 9.08. The largest absolute Gasteiger partial charge is 0.345 e. The minimum absolute atomic E-state index is 0.0183. The van der Waals surface area contributed by atoms with Crippen LogP contribution in [0, 0.1) is 10.1 Å². The van der Waals surface area contributed by atoms with Crippen LogP contribution in [-0.4, -0.2) is 16.7 Å². The first-order valence-corrected chi connectivity index (χ1v) is 9.46. The molecular weight excluding hydrogens is 406 g/mol. The molecule has 8 heteroatoms. The van der Waals surface area contributed by atoms with E-state index in [1.165, 1.54) is 18.2 Å². The van der Waals surface area contributed by atoms with Crippen LogP contribution in [0.5, 0.6) is 0 Å². The molecule has 0 aliphatic heterocycles. The van der Waals surface area contributed by atoms with Crippen molar-refractivity contribution in [1.82, 2.24) is 5.32 Å². The van der Waals surface area contributed by atoms with Gasteiger partial charge in [0.15, 0.2) is 0 Å². The third kappa shape index (κ3) is 5.42. The number of hydrogen-bond acceptors (Lipinski definition) is 4. The van der Waals surface area contributed by atoms with Crippen LogP contribution < -0.4 is 10.6 Å². The van der Waals surface area contributed by atoms with E-state index in [1.807, 2.05) is 36.4 Å². The highest BCUT2D eigenvalue weighted by Gasteiger charge is 2.20. The summed E-state index contributed by atoms with van der Waals surface area (Å²) in [4.78, 5) is 35.6. The molecule has 1 unspecified atom stereocenters. The van der Waals surface area contributed by atoms with E-state index in [0.717, 1.165) is 5.56 Å². The van der Waals surface area contributed by atoms with Gasteiger partial charge in [0.25, 0.3) is 11.6 Å². The molecule has 0 radical (unpaired) electrons. The number of nitrogens with zero attached hydrogens (tertiary/aromatic N) is 1. The number of carbonyl (C=O) groups excluding carboxylic acids is 2. The van der Waals surface area contributed by atoms with E-state index in [2.05, 4.69) is 10.6 Å². The van der Waals surface area contributed by atoms with Crippen molar-refractivity contribution in [3.8, 4) is 0 Å². The molecule has 0 aliphatic carbocycles. The molecule has 0 saturated carbocycles. The highest BCUT2D eigenvalue weighted by molar-refractivity contribution is 6.32. The summed E-state index contributed by atoms with van der Waals surface area (Å²) in [7, 11) is 0. The van der Waals surface area contributed by atoms with Crippen LogP contribution in [0.2, 0.25) is 5.02 Å². The van der Waals surface area contributed by atoms with E-state index >= 15 is 0 Å². The average molecular weight is 424 g/mol. The summed E-state index contributed by atoms with van der Waals surface area (Å²) in [5, 5.41) is 16.5. The first kappa shape index (κ1) is 21.0. The van der Waals surface area contributed by atoms with E-state index in [0.29, 0.717) is 5.56 Å². The van der Waals surface area contributed by atoms with Crippen molar-refractivity contribution in [2.75, 3.05) is 5.32 Å². The fraction of sp³-hybridized carbons (Fsp3) is 0.0909. The van der Waals surface area contributed by atoms with E-state index in [9.17, 15) is 19.7 Å². The number of nitro benzene ring substituents is 1. The van der Waals surface area contributed by atoms with Crippen molar-refractivity contribution in [1.29, 1.82) is 0 Å². The van der Waals surface area contributed by atoms with Crippen molar-refractivity contribution in [2.45, 2.75) is 12.5 Å². The van der Waals surface area contributed by atoms with Gasteiger partial charge >= 0.3 is 0 Å². The summed E-state index contributed by atoms with van der Waals surface area (Å²) in [5.74, 6) is -0.715. The molecule has 3 aromatic carbocycles. The van der Waals surface area contributed by atoms with Crippen LogP contribution in [0.1, 0.15) is 28.4 Å². The highest BCUT2D eigenvalue weighted by Crippen LogP contribution is 2.28. The normalized spacial score (nSPS) is 11.4. The molecule has 0 aliphatic rings. The number of carbonyl (C=O) groups is 2. The molecule has 0 bridgehead atoms. The Morgan fingerprint density at radius 3 is 2.23 bits per heavy atom. The summed E-state index contributed by atoms with van der Waals surface area (Å²) in [6.45, 7) is 0. The smallest absolute Gasteiger partial charge is 0.289 e.